The summed E-state index contributed by atoms with van der Waals surface area (Å²) in [4.78, 5) is 12.9. The fraction of sp³-hybridized carbons (Fsp3) is 0.310. The van der Waals surface area contributed by atoms with Crippen molar-refractivity contribution in [3.05, 3.63) is 117 Å². The van der Waals surface area contributed by atoms with Crippen molar-refractivity contribution in [2.45, 2.75) is 51.9 Å². The molecule has 2 rings (SSSR count). The molecule has 0 saturated heterocycles. The zero-order chi connectivity index (χ0) is 27.1. The SMILES string of the molecule is CC[Si](CC)(CC)O[C@@H](c1ccccc1)[C@H](C)C(=O)[CH][CH][CH][CH]c1ccccc1.[C-]#[O+].[C-]#[O+].[C-]#[O+].[Fe]. The third-order valence-corrected chi connectivity index (χ3v) is 10.4. The van der Waals surface area contributed by atoms with Crippen LogP contribution in [-0.4, -0.2) is 14.1 Å². The predicted octanol–water partition coefficient (Wildman–Crippen LogP) is 6.71. The molecule has 0 unspecified atom stereocenters. The van der Waals surface area contributed by atoms with E-state index in [0.717, 1.165) is 29.3 Å². The second kappa shape index (κ2) is 24.7. The average molecular weight is 547 g/mol. The number of benzene rings is 2. The molecule has 2 atom stereocenters. The van der Waals surface area contributed by atoms with Gasteiger partial charge in [0.25, 0.3) is 0 Å². The van der Waals surface area contributed by atoms with Crippen LogP contribution in [0.2, 0.25) is 18.1 Å². The molecule has 0 aliphatic heterocycles. The molecule has 0 heterocycles. The van der Waals surface area contributed by atoms with Gasteiger partial charge in [-0.2, -0.15) is 0 Å². The Labute approximate surface area is 229 Å². The Morgan fingerprint density at radius 3 is 1.72 bits per heavy atom. The van der Waals surface area contributed by atoms with Crippen LogP contribution in [0, 0.1) is 51.6 Å². The smallest absolute Gasteiger partial charge is 0 e. The van der Waals surface area contributed by atoms with Gasteiger partial charge >= 0.3 is 33.9 Å². The van der Waals surface area contributed by atoms with Gasteiger partial charge < -0.3 is 4.43 Å². The molecule has 4 radical (unpaired) electrons. The van der Waals surface area contributed by atoms with Crippen LogP contribution < -0.4 is 0 Å². The van der Waals surface area contributed by atoms with Crippen molar-refractivity contribution in [3.63, 3.8) is 0 Å². The Bertz CT molecular complexity index is 826. The summed E-state index contributed by atoms with van der Waals surface area (Å²) in [6, 6.07) is 23.5. The molecule has 5 nitrogen and oxygen atoms in total. The molecule has 0 aliphatic rings. The number of unbranched alkanes of at least 4 members (excludes halogenated alkanes) is 1. The number of carbonyl (C=O) groups is 1. The van der Waals surface area contributed by atoms with E-state index in [0.29, 0.717) is 0 Å². The minimum absolute atomic E-state index is 0. The standard InChI is InChI=1S/C26H34O2Si.3CO.Fe/c1-5-29(6-2,7-3)28-26(24-19-12-9-13-20-24)22(4)25(27)21-15-14-18-23-16-10-8-11-17-23;3*1-2;/h8-22,26H,5-7H2,1-4H3;;;;/t22-,26-;;;;/m1..../s1. The number of Topliss-reactive ketones (excluding diaryl/α,β-unsaturated/α-hetero) is 1. The maximum atomic E-state index is 12.9. The van der Waals surface area contributed by atoms with E-state index in [1.165, 1.54) is 0 Å². The number of rotatable bonds is 13. The molecule has 2 aromatic rings. The fourth-order valence-electron chi connectivity index (χ4n) is 3.55. The second-order valence-corrected chi connectivity index (χ2v) is 12.2. The van der Waals surface area contributed by atoms with Gasteiger partial charge in [0.05, 0.1) is 6.10 Å². The van der Waals surface area contributed by atoms with Gasteiger partial charge in [-0.3, -0.25) is 4.79 Å². The van der Waals surface area contributed by atoms with Gasteiger partial charge in [0.15, 0.2) is 8.32 Å². The van der Waals surface area contributed by atoms with E-state index in [1.807, 2.05) is 74.7 Å². The topological polar surface area (TPSA) is 86.0 Å². The van der Waals surface area contributed by atoms with E-state index in [4.69, 9.17) is 18.4 Å². The molecule has 0 saturated carbocycles. The summed E-state index contributed by atoms with van der Waals surface area (Å²) in [6.07, 6.45) is 7.23. The Morgan fingerprint density at radius 1 is 0.833 bits per heavy atom. The molecule has 0 spiro atoms. The molecule has 0 aliphatic carbocycles. The van der Waals surface area contributed by atoms with Crippen LogP contribution in [0.15, 0.2) is 60.7 Å². The van der Waals surface area contributed by atoms with Crippen LogP contribution in [0.25, 0.3) is 0 Å². The van der Waals surface area contributed by atoms with Crippen molar-refractivity contribution >= 4 is 14.1 Å². The summed E-state index contributed by atoms with van der Waals surface area (Å²) in [7, 11) is -1.84. The summed E-state index contributed by atoms with van der Waals surface area (Å²) < 4.78 is 29.3. The van der Waals surface area contributed by atoms with Crippen LogP contribution >= 0.6 is 0 Å². The number of ketones is 1. The maximum Gasteiger partial charge on any atom is 0 e. The van der Waals surface area contributed by atoms with Crippen LogP contribution in [0.3, 0.4) is 0 Å². The van der Waals surface area contributed by atoms with Crippen molar-refractivity contribution < 1.29 is 40.2 Å². The van der Waals surface area contributed by atoms with E-state index in [9.17, 15) is 4.79 Å². The zero-order valence-corrected chi connectivity index (χ0v) is 23.4. The molecular formula is C29H34FeO5Si. The summed E-state index contributed by atoms with van der Waals surface area (Å²) in [5.74, 6) is -0.127. The second-order valence-electron chi connectivity index (χ2n) is 7.51. The van der Waals surface area contributed by atoms with Crippen molar-refractivity contribution in [2.24, 2.45) is 5.92 Å². The first-order valence-electron chi connectivity index (χ1n) is 11.3. The third-order valence-electron chi connectivity index (χ3n) is 5.80. The molecule has 2 aromatic carbocycles. The zero-order valence-electron chi connectivity index (χ0n) is 21.3. The van der Waals surface area contributed by atoms with Crippen LogP contribution in [0.5, 0.6) is 0 Å². The van der Waals surface area contributed by atoms with Gasteiger partial charge in [-0.05, 0) is 48.5 Å². The predicted molar refractivity (Wildman–Crippen MR) is 136 cm³/mol. The number of carbonyl (C=O) groups excluding carboxylic acids is 1. The molecule has 0 fully saturated rings. The first-order valence-corrected chi connectivity index (χ1v) is 13.9. The van der Waals surface area contributed by atoms with Gasteiger partial charge in [-0.25, -0.2) is 0 Å². The van der Waals surface area contributed by atoms with Gasteiger partial charge in [-0.1, -0.05) is 88.4 Å². The first kappa shape index (κ1) is 38.6. The van der Waals surface area contributed by atoms with E-state index in [-0.39, 0.29) is 34.9 Å². The Balaban J connectivity index is -0.00000144. The van der Waals surface area contributed by atoms with Gasteiger partial charge in [-0.15, -0.1) is 0 Å². The number of hydrogen-bond donors (Lipinski definition) is 0. The molecule has 192 valence electrons. The van der Waals surface area contributed by atoms with Crippen LogP contribution in [0.4, 0.5) is 0 Å². The summed E-state index contributed by atoms with van der Waals surface area (Å²) in [5.41, 5.74) is 2.21. The molecule has 0 N–H and O–H groups in total. The molecule has 7 heteroatoms. The Hall–Kier alpha value is -1.97. The minimum atomic E-state index is -1.84. The molecule has 0 bridgehead atoms. The molecule has 0 aromatic heterocycles. The maximum absolute atomic E-state index is 12.9. The normalized spacial score (nSPS) is 11.3. The van der Waals surface area contributed by atoms with E-state index in [1.54, 1.807) is 6.42 Å². The summed E-state index contributed by atoms with van der Waals surface area (Å²) >= 11 is 0. The molecule has 0 amide bonds. The van der Waals surface area contributed by atoms with Crippen molar-refractivity contribution in [1.29, 1.82) is 0 Å². The first-order chi connectivity index (χ1) is 17.0. The van der Waals surface area contributed by atoms with E-state index >= 15 is 0 Å². The van der Waals surface area contributed by atoms with Gasteiger partial charge in [0.2, 0.25) is 0 Å². The summed E-state index contributed by atoms with van der Waals surface area (Å²) in [5, 5.41) is 0. The van der Waals surface area contributed by atoms with Gasteiger partial charge in [0.1, 0.15) is 5.78 Å². The van der Waals surface area contributed by atoms with Crippen molar-refractivity contribution in [2.75, 3.05) is 0 Å². The summed E-state index contributed by atoms with van der Waals surface area (Å²) in [6.45, 7) is 22.2. The van der Waals surface area contributed by atoms with Crippen molar-refractivity contribution in [3.8, 4) is 0 Å². The quantitative estimate of drug-likeness (QED) is 0.121. The van der Waals surface area contributed by atoms with Crippen LogP contribution in [0.1, 0.15) is 44.9 Å². The third kappa shape index (κ3) is 13.9. The van der Waals surface area contributed by atoms with E-state index in [2.05, 4.69) is 52.9 Å². The number of hydrogen-bond acceptors (Lipinski definition) is 2. The largest absolute Gasteiger partial charge is 0 e. The Kier molecular flexibility index (Phi) is 26.5. The van der Waals surface area contributed by atoms with Gasteiger partial charge in [0, 0.05) is 29.4 Å². The fourth-order valence-corrected chi connectivity index (χ4v) is 6.43. The molecular weight excluding hydrogens is 512 g/mol. The molecule has 36 heavy (non-hydrogen) atoms. The average Bonchev–Trinajstić information content (AvgIpc) is 2.96. The van der Waals surface area contributed by atoms with Crippen LogP contribution in [-0.2, 0) is 40.2 Å². The van der Waals surface area contributed by atoms with E-state index < -0.39 is 8.32 Å². The minimum Gasteiger partial charge on any atom is 0 e. The van der Waals surface area contributed by atoms with Crippen molar-refractivity contribution in [1.82, 2.24) is 0 Å². The Morgan fingerprint density at radius 2 is 1.28 bits per heavy atom. The monoisotopic (exact) mass is 546 g/mol.